The second kappa shape index (κ2) is 6.93. The Bertz CT molecular complexity index is 569. The fourth-order valence-corrected chi connectivity index (χ4v) is 1.89. The number of amides is 3. The molecule has 0 bridgehead atoms. The Morgan fingerprint density at radius 3 is 2.18 bits per heavy atom. The zero-order valence-corrected chi connectivity index (χ0v) is 12.8. The Morgan fingerprint density at radius 1 is 1.23 bits per heavy atom. The molecule has 1 unspecified atom stereocenters. The molecule has 0 spiro atoms. The molecule has 1 aromatic carbocycles. The van der Waals surface area contributed by atoms with E-state index in [4.69, 9.17) is 10.8 Å². The van der Waals surface area contributed by atoms with Crippen molar-refractivity contribution in [3.8, 4) is 0 Å². The van der Waals surface area contributed by atoms with E-state index >= 15 is 0 Å². The summed E-state index contributed by atoms with van der Waals surface area (Å²) in [5, 5.41) is 14.2. The maximum Gasteiger partial charge on any atom is 0.316 e. The molecule has 0 heterocycles. The number of nitrogens with two attached hydrogens (primary N) is 1. The number of nitrogens with one attached hydrogen (secondary N) is 2. The highest BCUT2D eigenvalue weighted by Gasteiger charge is 2.33. The fourth-order valence-electron chi connectivity index (χ4n) is 1.89. The molecule has 22 heavy (non-hydrogen) atoms. The van der Waals surface area contributed by atoms with Crippen LogP contribution in [0.25, 0.3) is 0 Å². The topological polar surface area (TPSA) is 122 Å². The number of hydrogen-bond donors (Lipinski definition) is 4. The van der Waals surface area contributed by atoms with Crippen molar-refractivity contribution in [1.82, 2.24) is 5.32 Å². The van der Waals surface area contributed by atoms with Gasteiger partial charge in [0.25, 0.3) is 5.91 Å². The van der Waals surface area contributed by atoms with Crippen LogP contribution in [0.15, 0.2) is 24.3 Å². The normalized spacial score (nSPS) is 13.3. The van der Waals surface area contributed by atoms with Crippen LogP contribution in [0, 0.1) is 5.92 Å². The number of urea groups is 1. The standard InChI is InChI=1S/C15H21N3O4/c1-9(2)15(3,8-12(19)20)18-13(21)10-4-6-11(7-5-10)17-14(16)22/h4-7,9H,8H2,1-3H3,(H,18,21)(H,19,20)(H3,16,17,22). The lowest BCUT2D eigenvalue weighted by Crippen LogP contribution is -2.51. The first-order valence-electron chi connectivity index (χ1n) is 6.85. The average Bonchev–Trinajstić information content (AvgIpc) is 2.37. The van der Waals surface area contributed by atoms with E-state index in [1.807, 2.05) is 13.8 Å². The third-order valence-corrected chi connectivity index (χ3v) is 3.61. The maximum absolute atomic E-state index is 12.3. The fraction of sp³-hybridized carbons (Fsp3) is 0.400. The summed E-state index contributed by atoms with van der Waals surface area (Å²) in [4.78, 5) is 34.0. The van der Waals surface area contributed by atoms with E-state index in [1.165, 1.54) is 12.1 Å². The predicted octanol–water partition coefficient (Wildman–Crippen LogP) is 1.80. The molecule has 5 N–H and O–H groups in total. The summed E-state index contributed by atoms with van der Waals surface area (Å²) < 4.78 is 0. The van der Waals surface area contributed by atoms with E-state index in [-0.39, 0.29) is 18.2 Å². The average molecular weight is 307 g/mol. The number of carbonyl (C=O) groups excluding carboxylic acids is 2. The van der Waals surface area contributed by atoms with Crippen molar-refractivity contribution in [2.24, 2.45) is 11.7 Å². The van der Waals surface area contributed by atoms with Gasteiger partial charge in [0.05, 0.1) is 12.0 Å². The van der Waals surface area contributed by atoms with Gasteiger partial charge in [0.15, 0.2) is 0 Å². The van der Waals surface area contributed by atoms with Crippen molar-refractivity contribution in [2.45, 2.75) is 32.7 Å². The first-order valence-corrected chi connectivity index (χ1v) is 6.85. The van der Waals surface area contributed by atoms with Crippen LogP contribution in [0.5, 0.6) is 0 Å². The second-order valence-electron chi connectivity index (χ2n) is 5.66. The monoisotopic (exact) mass is 307 g/mol. The second-order valence-corrected chi connectivity index (χ2v) is 5.66. The van der Waals surface area contributed by atoms with Gasteiger partial charge < -0.3 is 21.5 Å². The molecule has 0 radical (unpaired) electrons. The van der Waals surface area contributed by atoms with Crippen LogP contribution in [0.3, 0.4) is 0 Å². The number of benzene rings is 1. The number of aliphatic carboxylic acids is 1. The summed E-state index contributed by atoms with van der Waals surface area (Å²) in [6.07, 6.45) is -0.169. The highest BCUT2D eigenvalue weighted by molar-refractivity contribution is 5.96. The molecule has 0 saturated heterocycles. The molecular formula is C15H21N3O4. The van der Waals surface area contributed by atoms with Gasteiger partial charge in [-0.3, -0.25) is 9.59 Å². The molecule has 7 nitrogen and oxygen atoms in total. The number of rotatable bonds is 6. The van der Waals surface area contributed by atoms with Crippen LogP contribution in [-0.2, 0) is 4.79 Å². The number of anilines is 1. The van der Waals surface area contributed by atoms with Crippen molar-refractivity contribution in [2.75, 3.05) is 5.32 Å². The van der Waals surface area contributed by atoms with Crippen LogP contribution in [0.1, 0.15) is 37.6 Å². The summed E-state index contributed by atoms with van der Waals surface area (Å²) in [7, 11) is 0. The van der Waals surface area contributed by atoms with Crippen molar-refractivity contribution < 1.29 is 19.5 Å². The molecule has 3 amide bonds. The Balaban J connectivity index is 2.86. The number of primary amides is 1. The van der Waals surface area contributed by atoms with E-state index in [0.29, 0.717) is 11.3 Å². The molecule has 7 heteroatoms. The van der Waals surface area contributed by atoms with Crippen LogP contribution < -0.4 is 16.4 Å². The minimum absolute atomic E-state index is 0.0525. The van der Waals surface area contributed by atoms with Crippen molar-refractivity contribution >= 4 is 23.6 Å². The zero-order chi connectivity index (χ0) is 16.9. The molecule has 0 aromatic heterocycles. The molecule has 1 rings (SSSR count). The van der Waals surface area contributed by atoms with Gasteiger partial charge in [-0.25, -0.2) is 4.79 Å². The largest absolute Gasteiger partial charge is 0.481 e. The SMILES string of the molecule is CC(C)C(C)(CC(=O)O)NC(=O)c1ccc(NC(N)=O)cc1. The molecule has 0 saturated carbocycles. The van der Waals surface area contributed by atoms with Gasteiger partial charge in [0.2, 0.25) is 0 Å². The summed E-state index contributed by atoms with van der Waals surface area (Å²) in [6, 6.07) is 5.46. The van der Waals surface area contributed by atoms with Gasteiger partial charge in [0.1, 0.15) is 0 Å². The zero-order valence-electron chi connectivity index (χ0n) is 12.8. The molecule has 120 valence electrons. The van der Waals surface area contributed by atoms with Crippen molar-refractivity contribution in [1.29, 1.82) is 0 Å². The van der Waals surface area contributed by atoms with Gasteiger partial charge in [0, 0.05) is 11.3 Å². The van der Waals surface area contributed by atoms with Crippen molar-refractivity contribution in [3.63, 3.8) is 0 Å². The summed E-state index contributed by atoms with van der Waals surface area (Å²) in [5.74, 6) is -1.40. The van der Waals surface area contributed by atoms with E-state index in [0.717, 1.165) is 0 Å². The van der Waals surface area contributed by atoms with Crippen molar-refractivity contribution in [3.05, 3.63) is 29.8 Å². The predicted molar refractivity (Wildman–Crippen MR) is 82.6 cm³/mol. The van der Waals surface area contributed by atoms with E-state index in [2.05, 4.69) is 10.6 Å². The van der Waals surface area contributed by atoms with Crippen LogP contribution >= 0.6 is 0 Å². The van der Waals surface area contributed by atoms with Gasteiger partial charge in [-0.05, 0) is 37.1 Å². The Hall–Kier alpha value is -2.57. The van der Waals surface area contributed by atoms with Crippen LogP contribution in [0.2, 0.25) is 0 Å². The number of carboxylic acid groups (broad SMARTS) is 1. The van der Waals surface area contributed by atoms with Crippen LogP contribution in [0.4, 0.5) is 10.5 Å². The third kappa shape index (κ3) is 4.76. The van der Waals surface area contributed by atoms with E-state index in [9.17, 15) is 14.4 Å². The molecule has 0 fully saturated rings. The number of carbonyl (C=O) groups is 3. The molecule has 0 aliphatic heterocycles. The highest BCUT2D eigenvalue weighted by Crippen LogP contribution is 2.22. The number of carboxylic acids is 1. The van der Waals surface area contributed by atoms with Crippen LogP contribution in [-0.4, -0.2) is 28.6 Å². The third-order valence-electron chi connectivity index (χ3n) is 3.61. The minimum Gasteiger partial charge on any atom is -0.481 e. The lowest BCUT2D eigenvalue weighted by atomic mass is 9.85. The Kier molecular flexibility index (Phi) is 5.50. The molecular weight excluding hydrogens is 286 g/mol. The highest BCUT2D eigenvalue weighted by atomic mass is 16.4. The summed E-state index contributed by atoms with van der Waals surface area (Å²) in [6.45, 7) is 5.40. The Morgan fingerprint density at radius 2 is 1.77 bits per heavy atom. The smallest absolute Gasteiger partial charge is 0.316 e. The molecule has 1 aromatic rings. The maximum atomic E-state index is 12.3. The minimum atomic E-state index is -0.975. The van der Waals surface area contributed by atoms with E-state index < -0.39 is 17.5 Å². The lowest BCUT2D eigenvalue weighted by Gasteiger charge is -2.33. The Labute approximate surface area is 128 Å². The first kappa shape index (κ1) is 17.5. The van der Waals surface area contributed by atoms with Gasteiger partial charge in [-0.2, -0.15) is 0 Å². The van der Waals surface area contributed by atoms with Gasteiger partial charge in [-0.1, -0.05) is 13.8 Å². The van der Waals surface area contributed by atoms with Gasteiger partial charge in [-0.15, -0.1) is 0 Å². The van der Waals surface area contributed by atoms with Gasteiger partial charge >= 0.3 is 12.0 Å². The summed E-state index contributed by atoms with van der Waals surface area (Å²) >= 11 is 0. The summed E-state index contributed by atoms with van der Waals surface area (Å²) in [5.41, 5.74) is 4.99. The number of hydrogen-bond acceptors (Lipinski definition) is 3. The lowest BCUT2D eigenvalue weighted by molar-refractivity contribution is -0.138. The quantitative estimate of drug-likeness (QED) is 0.640. The first-order chi connectivity index (χ1) is 10.1. The molecule has 1 atom stereocenters. The molecule has 0 aliphatic rings. The van der Waals surface area contributed by atoms with E-state index in [1.54, 1.807) is 19.1 Å². The molecule has 0 aliphatic carbocycles.